The molecular weight excluding hydrogens is 210 g/mol. The standard InChI is InChI=1S/C14H25N3/c1-11(2)13-5-4-8-17(13)10-14(3,9-15)16-12-6-7-12/h11-13,16H,4-8,10H2,1-3H3. The number of hydrogen-bond acceptors (Lipinski definition) is 3. The highest BCUT2D eigenvalue weighted by atomic mass is 15.2. The Balaban J connectivity index is 1.95. The first-order valence-corrected chi connectivity index (χ1v) is 6.97. The smallest absolute Gasteiger partial charge is 0.116 e. The Hall–Kier alpha value is -0.590. The summed E-state index contributed by atoms with van der Waals surface area (Å²) in [5.41, 5.74) is -0.362. The lowest BCUT2D eigenvalue weighted by Gasteiger charge is -2.34. The molecule has 2 unspecified atom stereocenters. The van der Waals surface area contributed by atoms with Crippen LogP contribution in [0.5, 0.6) is 0 Å². The fourth-order valence-corrected chi connectivity index (χ4v) is 3.00. The van der Waals surface area contributed by atoms with Gasteiger partial charge in [0.05, 0.1) is 6.07 Å². The highest BCUT2D eigenvalue weighted by molar-refractivity contribution is 5.09. The summed E-state index contributed by atoms with van der Waals surface area (Å²) >= 11 is 0. The van der Waals surface area contributed by atoms with Gasteiger partial charge in [-0.3, -0.25) is 10.2 Å². The number of nitrogens with one attached hydrogen (secondary N) is 1. The number of nitriles is 1. The Morgan fingerprint density at radius 1 is 1.41 bits per heavy atom. The quantitative estimate of drug-likeness (QED) is 0.793. The molecule has 3 nitrogen and oxygen atoms in total. The Labute approximate surface area is 105 Å². The molecule has 0 aromatic heterocycles. The fourth-order valence-electron chi connectivity index (χ4n) is 3.00. The summed E-state index contributed by atoms with van der Waals surface area (Å²) in [6.07, 6.45) is 5.06. The first-order valence-electron chi connectivity index (χ1n) is 6.97. The molecule has 1 heterocycles. The molecule has 0 aromatic rings. The largest absolute Gasteiger partial charge is 0.297 e. The molecular formula is C14H25N3. The van der Waals surface area contributed by atoms with Crippen LogP contribution in [0.25, 0.3) is 0 Å². The van der Waals surface area contributed by atoms with Crippen molar-refractivity contribution in [3.63, 3.8) is 0 Å². The van der Waals surface area contributed by atoms with Crippen molar-refractivity contribution in [2.45, 2.75) is 64.1 Å². The third-order valence-corrected chi connectivity index (χ3v) is 4.05. The van der Waals surface area contributed by atoms with Gasteiger partial charge in [0.1, 0.15) is 5.54 Å². The summed E-state index contributed by atoms with van der Waals surface area (Å²) in [6, 6.07) is 3.75. The Bertz CT molecular complexity index is 303. The molecule has 0 bridgehead atoms. The topological polar surface area (TPSA) is 39.1 Å². The first kappa shape index (κ1) is 12.9. The molecule has 96 valence electrons. The zero-order chi connectivity index (χ0) is 12.5. The molecule has 0 spiro atoms. The molecule has 1 aliphatic carbocycles. The Kier molecular flexibility index (Phi) is 3.75. The average molecular weight is 235 g/mol. The fraction of sp³-hybridized carbons (Fsp3) is 0.929. The van der Waals surface area contributed by atoms with E-state index < -0.39 is 0 Å². The lowest BCUT2D eigenvalue weighted by molar-refractivity contribution is 0.170. The molecule has 1 saturated carbocycles. The first-order chi connectivity index (χ1) is 8.04. The summed E-state index contributed by atoms with van der Waals surface area (Å²) in [5.74, 6) is 0.696. The normalized spacial score (nSPS) is 29.2. The molecule has 0 radical (unpaired) electrons. The summed E-state index contributed by atoms with van der Waals surface area (Å²) in [6.45, 7) is 8.68. The molecule has 2 atom stereocenters. The van der Waals surface area contributed by atoms with Crippen LogP contribution in [0.4, 0.5) is 0 Å². The van der Waals surface area contributed by atoms with E-state index in [-0.39, 0.29) is 5.54 Å². The van der Waals surface area contributed by atoms with E-state index in [2.05, 4.69) is 37.1 Å². The van der Waals surface area contributed by atoms with Crippen LogP contribution in [0, 0.1) is 17.2 Å². The minimum Gasteiger partial charge on any atom is -0.297 e. The van der Waals surface area contributed by atoms with E-state index in [4.69, 9.17) is 0 Å². The van der Waals surface area contributed by atoms with E-state index in [1.54, 1.807) is 0 Å². The van der Waals surface area contributed by atoms with Crippen LogP contribution in [0.15, 0.2) is 0 Å². The molecule has 0 amide bonds. The second-order valence-corrected chi connectivity index (χ2v) is 6.29. The maximum atomic E-state index is 9.41. The van der Waals surface area contributed by atoms with Crippen molar-refractivity contribution in [1.29, 1.82) is 5.26 Å². The van der Waals surface area contributed by atoms with Crippen molar-refractivity contribution in [3.8, 4) is 6.07 Å². The summed E-state index contributed by atoms with van der Waals surface area (Å²) in [7, 11) is 0. The van der Waals surface area contributed by atoms with Gasteiger partial charge in [-0.1, -0.05) is 13.8 Å². The minimum absolute atomic E-state index is 0.362. The van der Waals surface area contributed by atoms with Gasteiger partial charge >= 0.3 is 0 Å². The van der Waals surface area contributed by atoms with Gasteiger partial charge in [-0.15, -0.1) is 0 Å². The van der Waals surface area contributed by atoms with Crippen LogP contribution in [-0.4, -0.2) is 35.6 Å². The maximum absolute atomic E-state index is 9.41. The Morgan fingerprint density at radius 3 is 2.65 bits per heavy atom. The van der Waals surface area contributed by atoms with Gasteiger partial charge in [-0.2, -0.15) is 5.26 Å². The van der Waals surface area contributed by atoms with E-state index in [1.807, 2.05) is 0 Å². The van der Waals surface area contributed by atoms with Crippen LogP contribution in [0.2, 0.25) is 0 Å². The van der Waals surface area contributed by atoms with Crippen molar-refractivity contribution < 1.29 is 0 Å². The van der Waals surface area contributed by atoms with Crippen molar-refractivity contribution in [3.05, 3.63) is 0 Å². The van der Waals surface area contributed by atoms with Crippen molar-refractivity contribution in [1.82, 2.24) is 10.2 Å². The monoisotopic (exact) mass is 235 g/mol. The van der Waals surface area contributed by atoms with Gasteiger partial charge in [0.25, 0.3) is 0 Å². The van der Waals surface area contributed by atoms with Crippen LogP contribution in [0.1, 0.15) is 46.5 Å². The molecule has 2 aliphatic rings. The second kappa shape index (κ2) is 4.96. The molecule has 0 aromatic carbocycles. The maximum Gasteiger partial charge on any atom is 0.116 e. The van der Waals surface area contributed by atoms with E-state index in [9.17, 15) is 5.26 Å². The minimum atomic E-state index is -0.362. The summed E-state index contributed by atoms with van der Waals surface area (Å²) in [4.78, 5) is 2.52. The van der Waals surface area contributed by atoms with Gasteiger partial charge in [-0.25, -0.2) is 0 Å². The third kappa shape index (κ3) is 3.20. The van der Waals surface area contributed by atoms with E-state index in [0.29, 0.717) is 18.0 Å². The van der Waals surface area contributed by atoms with Gasteiger partial charge in [0.15, 0.2) is 0 Å². The van der Waals surface area contributed by atoms with Crippen LogP contribution < -0.4 is 5.32 Å². The van der Waals surface area contributed by atoms with E-state index in [0.717, 1.165) is 13.1 Å². The highest BCUT2D eigenvalue weighted by Crippen LogP contribution is 2.27. The lowest BCUT2D eigenvalue weighted by Crippen LogP contribution is -2.53. The second-order valence-electron chi connectivity index (χ2n) is 6.29. The van der Waals surface area contributed by atoms with Gasteiger partial charge in [-0.05, 0) is 45.1 Å². The summed E-state index contributed by atoms with van der Waals surface area (Å²) in [5, 5.41) is 12.9. The highest BCUT2D eigenvalue weighted by Gasteiger charge is 2.37. The van der Waals surface area contributed by atoms with Gasteiger partial charge in [0.2, 0.25) is 0 Å². The SMILES string of the molecule is CC(C)C1CCCN1CC(C)(C#N)NC1CC1. The molecule has 1 N–H and O–H groups in total. The zero-order valence-corrected chi connectivity index (χ0v) is 11.4. The molecule has 2 rings (SSSR count). The Morgan fingerprint density at radius 2 is 2.12 bits per heavy atom. The number of hydrogen-bond donors (Lipinski definition) is 1. The third-order valence-electron chi connectivity index (χ3n) is 4.05. The number of likely N-dealkylation sites (tertiary alicyclic amines) is 1. The van der Waals surface area contributed by atoms with Crippen LogP contribution >= 0.6 is 0 Å². The summed E-state index contributed by atoms with van der Waals surface area (Å²) < 4.78 is 0. The van der Waals surface area contributed by atoms with Gasteiger partial charge < -0.3 is 0 Å². The number of nitrogens with zero attached hydrogens (tertiary/aromatic N) is 2. The lowest BCUT2D eigenvalue weighted by atomic mass is 9.98. The van der Waals surface area contributed by atoms with E-state index >= 15 is 0 Å². The predicted octanol–water partition coefficient (Wildman–Crippen LogP) is 2.14. The van der Waals surface area contributed by atoms with Crippen molar-refractivity contribution >= 4 is 0 Å². The number of rotatable bonds is 5. The van der Waals surface area contributed by atoms with Crippen molar-refractivity contribution in [2.75, 3.05) is 13.1 Å². The zero-order valence-electron chi connectivity index (χ0n) is 11.4. The van der Waals surface area contributed by atoms with E-state index in [1.165, 1.54) is 25.7 Å². The average Bonchev–Trinajstić information content (AvgIpc) is 2.94. The van der Waals surface area contributed by atoms with Crippen molar-refractivity contribution in [2.24, 2.45) is 5.92 Å². The molecule has 1 aliphatic heterocycles. The molecule has 2 fully saturated rings. The van der Waals surface area contributed by atoms with Crippen LogP contribution in [0.3, 0.4) is 0 Å². The molecule has 1 saturated heterocycles. The van der Waals surface area contributed by atoms with Crippen LogP contribution in [-0.2, 0) is 0 Å². The predicted molar refractivity (Wildman–Crippen MR) is 69.6 cm³/mol. The molecule has 3 heteroatoms. The molecule has 17 heavy (non-hydrogen) atoms. The van der Waals surface area contributed by atoms with Gasteiger partial charge in [0, 0.05) is 18.6 Å².